The van der Waals surface area contributed by atoms with Crippen molar-refractivity contribution in [2.24, 2.45) is 73.9 Å². The minimum absolute atomic E-state index is 0.102. The largest absolute Gasteiger partial charge is 0.481 e. The van der Waals surface area contributed by atoms with Gasteiger partial charge in [0.2, 0.25) is 0 Å². The highest BCUT2D eigenvalue weighted by atomic mass is 32.2. The van der Waals surface area contributed by atoms with Crippen LogP contribution in [0.1, 0.15) is 160 Å². The fourth-order valence-corrected chi connectivity index (χ4v) is 18.9. The second-order valence-corrected chi connectivity index (χ2v) is 33.8. The van der Waals surface area contributed by atoms with Crippen molar-refractivity contribution in [3.8, 4) is 0 Å². The lowest BCUT2D eigenvalue weighted by Crippen LogP contribution is -2.69. The average molecular weight is 901 g/mol. The molecule has 7 saturated carbocycles. The molecule has 8 aliphatic rings. The van der Waals surface area contributed by atoms with E-state index in [2.05, 4.69) is 85.6 Å². The Morgan fingerprint density at radius 1 is 0.774 bits per heavy atom. The van der Waals surface area contributed by atoms with Crippen molar-refractivity contribution in [3.05, 3.63) is 0 Å². The Balaban J connectivity index is 1.02. The maximum Gasteiger partial charge on any atom is 0.309 e. The monoisotopic (exact) mass is 901 g/mol. The molecule has 13 atom stereocenters. The fourth-order valence-electron chi connectivity index (χ4n) is 16.6. The summed E-state index contributed by atoms with van der Waals surface area (Å²) in [6.45, 7) is 33.6. The normalized spacial score (nSPS) is 44.7. The van der Waals surface area contributed by atoms with Crippen molar-refractivity contribution in [2.45, 2.75) is 195 Å². The Bertz CT molecular complexity index is 1860. The molecule has 0 amide bonds. The van der Waals surface area contributed by atoms with Crippen LogP contribution in [0.3, 0.4) is 0 Å². The first-order valence-electron chi connectivity index (χ1n) is 25.2. The summed E-state index contributed by atoms with van der Waals surface area (Å²) in [6, 6.07) is 0.154. The van der Waals surface area contributed by atoms with Crippen LogP contribution >= 0.6 is 0 Å². The Hall–Kier alpha value is -1.01. The van der Waals surface area contributed by atoms with Gasteiger partial charge in [0.1, 0.15) is 6.10 Å². The molecule has 0 aromatic carbocycles. The van der Waals surface area contributed by atoms with Crippen LogP contribution in [0.15, 0.2) is 0 Å². The van der Waals surface area contributed by atoms with Gasteiger partial charge in [-0.1, -0.05) is 76.2 Å². The summed E-state index contributed by atoms with van der Waals surface area (Å²) in [6.07, 6.45) is 14.9. The molecule has 0 radical (unpaired) electrons. The van der Waals surface area contributed by atoms with Crippen LogP contribution < -0.4 is 5.32 Å². The average Bonchev–Trinajstić information content (AvgIpc) is 3.78. The van der Waals surface area contributed by atoms with Gasteiger partial charge in [-0.15, -0.1) is 0 Å². The third-order valence-corrected chi connectivity index (χ3v) is 28.6. The highest BCUT2D eigenvalue weighted by Gasteiger charge is 2.72. The van der Waals surface area contributed by atoms with E-state index >= 15 is 0 Å². The number of hydrogen-bond donors (Lipinski definition) is 2. The molecule has 9 nitrogen and oxygen atoms in total. The molecular weight excluding hydrogens is 813 g/mol. The highest BCUT2D eigenvalue weighted by molar-refractivity contribution is 7.91. The first kappa shape index (κ1) is 47.5. The number of nitrogens with one attached hydrogen (secondary N) is 1. The number of fused-ring (bicyclic) bond motifs is 7. The van der Waals surface area contributed by atoms with Crippen LogP contribution in [0.4, 0.5) is 0 Å². The number of nitrogens with zero attached hydrogens (tertiary/aromatic N) is 1. The molecule has 354 valence electrons. The summed E-state index contributed by atoms with van der Waals surface area (Å²) in [5.74, 6) is 1.79. The van der Waals surface area contributed by atoms with Crippen molar-refractivity contribution in [1.29, 1.82) is 0 Å². The van der Waals surface area contributed by atoms with Crippen LogP contribution in [0.2, 0.25) is 18.1 Å². The predicted octanol–water partition coefficient (Wildman–Crippen LogP) is 9.99. The van der Waals surface area contributed by atoms with E-state index < -0.39 is 35.5 Å². The van der Waals surface area contributed by atoms with Crippen molar-refractivity contribution in [2.75, 3.05) is 37.7 Å². The van der Waals surface area contributed by atoms with Gasteiger partial charge in [-0.3, -0.25) is 14.5 Å². The molecule has 1 heterocycles. The number of ether oxygens (including phenoxy) is 1. The Kier molecular flexibility index (Phi) is 11.7. The number of sulfone groups is 1. The number of esters is 1. The molecular formula is C51H88N2O7SSi. The number of rotatable bonds is 11. The van der Waals surface area contributed by atoms with Crippen molar-refractivity contribution in [1.82, 2.24) is 10.2 Å². The molecule has 0 bridgehead atoms. The van der Waals surface area contributed by atoms with E-state index in [1.807, 2.05) is 13.8 Å². The van der Waals surface area contributed by atoms with E-state index in [1.165, 1.54) is 64.2 Å². The van der Waals surface area contributed by atoms with Crippen molar-refractivity contribution < 1.29 is 32.3 Å². The van der Waals surface area contributed by atoms with E-state index in [1.54, 1.807) is 0 Å². The molecule has 0 unspecified atom stereocenters. The second kappa shape index (κ2) is 15.3. The van der Waals surface area contributed by atoms with Crippen LogP contribution in [0.25, 0.3) is 0 Å². The lowest BCUT2D eigenvalue weighted by molar-refractivity contribution is -0.250. The van der Waals surface area contributed by atoms with Crippen LogP contribution in [-0.4, -0.2) is 94.1 Å². The molecule has 8 rings (SSSR count). The molecule has 0 aromatic heterocycles. The lowest BCUT2D eigenvalue weighted by atomic mass is 9.32. The summed E-state index contributed by atoms with van der Waals surface area (Å²) in [5, 5.41) is 14.3. The Morgan fingerprint density at radius 2 is 1.44 bits per heavy atom. The molecule has 1 aliphatic heterocycles. The van der Waals surface area contributed by atoms with Gasteiger partial charge in [-0.05, 0) is 158 Å². The van der Waals surface area contributed by atoms with Gasteiger partial charge in [-0.25, -0.2) is 8.42 Å². The number of hydrogen-bond acceptors (Lipinski definition) is 8. The molecule has 0 spiro atoms. The first-order chi connectivity index (χ1) is 28.5. The molecule has 7 aliphatic carbocycles. The van der Waals surface area contributed by atoms with E-state index in [0.717, 1.165) is 25.3 Å². The quantitative estimate of drug-likeness (QED) is 0.154. The standard InChI is InChI=1S/C51H88N2O7SSi/c1-44(2,3)62(12,13)59-32-33(53-26-28-61(57,58)29-27-53)31-52-51-21-16-34(47(8)22-23-47)41(51)35-14-15-39-48(9)19-18-40(60-43(56)37-30-36(42(54)55)45(37,4)5)46(6,7)38(48)17-20-50(39,11)49(35,10)24-25-51/h33-41,52H,14-32H2,1-13H3,(H,54,55)/t33-,34-,35-,36+,37-,38+,39-,40+,41-,48+,49-,50-,51+/m1/s1. The highest BCUT2D eigenvalue weighted by Crippen LogP contribution is 2.78. The Morgan fingerprint density at radius 3 is 2.03 bits per heavy atom. The van der Waals surface area contributed by atoms with Gasteiger partial charge in [0.05, 0.1) is 29.9 Å². The zero-order chi connectivity index (χ0) is 45.5. The number of aliphatic carboxylic acids is 1. The van der Waals surface area contributed by atoms with Gasteiger partial charge in [0.15, 0.2) is 18.2 Å². The summed E-state index contributed by atoms with van der Waals surface area (Å²) in [4.78, 5) is 28.1. The maximum absolute atomic E-state index is 13.7. The minimum Gasteiger partial charge on any atom is -0.481 e. The fraction of sp³-hybridized carbons (Fsp3) is 0.961. The number of carboxylic acids is 1. The molecule has 11 heteroatoms. The third-order valence-electron chi connectivity index (χ3n) is 22.4. The van der Waals surface area contributed by atoms with Gasteiger partial charge in [-0.2, -0.15) is 0 Å². The topological polar surface area (TPSA) is 122 Å². The SMILES string of the molecule is CC1([C@@H]2CC[C@]3(NC[C@H](CO[Si](C)(C)C(C)(C)C)N4CCS(=O)(=O)CC4)CC[C@]4(C)[C@H](CC[C@@H]5[C@@]6(C)CC[C@H](OC(=O)[C@H]7C[C@@H](C(=O)O)C7(C)C)C(C)(C)[C@@H]6CC[C@]54C)[C@@H]23)CC1. The van der Waals surface area contributed by atoms with Crippen LogP contribution in [-0.2, 0) is 28.6 Å². The summed E-state index contributed by atoms with van der Waals surface area (Å²) in [7, 11) is -4.99. The van der Waals surface area contributed by atoms with E-state index in [-0.39, 0.29) is 67.8 Å². The number of carbonyl (C=O) groups is 2. The van der Waals surface area contributed by atoms with E-state index in [0.29, 0.717) is 55.2 Å². The van der Waals surface area contributed by atoms with Crippen molar-refractivity contribution >= 4 is 30.1 Å². The molecule has 2 N–H and O–H groups in total. The lowest BCUT2D eigenvalue weighted by Gasteiger charge is -2.73. The molecule has 62 heavy (non-hydrogen) atoms. The van der Waals surface area contributed by atoms with Crippen molar-refractivity contribution in [3.63, 3.8) is 0 Å². The van der Waals surface area contributed by atoms with E-state index in [9.17, 15) is 23.1 Å². The number of carboxylic acid groups (broad SMARTS) is 1. The van der Waals surface area contributed by atoms with Crippen LogP contribution in [0, 0.1) is 73.9 Å². The van der Waals surface area contributed by atoms with E-state index in [4.69, 9.17) is 9.16 Å². The van der Waals surface area contributed by atoms with Gasteiger partial charge in [0, 0.05) is 36.6 Å². The zero-order valence-corrected chi connectivity index (χ0v) is 43.2. The zero-order valence-electron chi connectivity index (χ0n) is 41.4. The predicted molar refractivity (Wildman–Crippen MR) is 250 cm³/mol. The second-order valence-electron chi connectivity index (χ2n) is 26.7. The molecule has 1 saturated heterocycles. The molecule has 8 fully saturated rings. The number of carbonyl (C=O) groups excluding carboxylic acids is 1. The van der Waals surface area contributed by atoms with Gasteiger partial charge >= 0.3 is 11.9 Å². The van der Waals surface area contributed by atoms with Crippen LogP contribution in [0.5, 0.6) is 0 Å². The third kappa shape index (κ3) is 7.38. The molecule has 0 aromatic rings. The van der Waals surface area contributed by atoms with Gasteiger partial charge < -0.3 is 19.6 Å². The van der Waals surface area contributed by atoms with Gasteiger partial charge in [0.25, 0.3) is 0 Å². The maximum atomic E-state index is 13.7. The Labute approximate surface area is 378 Å². The summed E-state index contributed by atoms with van der Waals surface area (Å²) < 4.78 is 38.7. The summed E-state index contributed by atoms with van der Waals surface area (Å²) >= 11 is 0. The smallest absolute Gasteiger partial charge is 0.309 e. The minimum atomic E-state index is -2.99. The first-order valence-corrected chi connectivity index (χ1v) is 30.0. The summed E-state index contributed by atoms with van der Waals surface area (Å²) in [5.41, 5.74) is 0.441.